The fraction of sp³-hybridized carbons (Fsp3) is 0.424. The van der Waals surface area contributed by atoms with E-state index in [0.717, 1.165) is 40.8 Å². The second kappa shape index (κ2) is 9.98. The number of aliphatic carboxylic acids is 1. The highest BCUT2D eigenvalue weighted by atomic mass is 19.1. The summed E-state index contributed by atoms with van der Waals surface area (Å²) in [5.41, 5.74) is 4.85. The highest BCUT2D eigenvalue weighted by Crippen LogP contribution is 2.66. The third-order valence-corrected chi connectivity index (χ3v) is 8.71. The van der Waals surface area contributed by atoms with Crippen molar-refractivity contribution in [3.05, 3.63) is 82.7 Å². The maximum absolute atomic E-state index is 15.0. The predicted octanol–water partition coefficient (Wildman–Crippen LogP) is 7.35. The van der Waals surface area contributed by atoms with E-state index in [0.29, 0.717) is 17.9 Å². The molecule has 0 radical (unpaired) electrons. The average molecular weight is 533 g/mol. The summed E-state index contributed by atoms with van der Waals surface area (Å²) in [4.78, 5) is 11.8. The molecule has 0 bridgehead atoms. The van der Waals surface area contributed by atoms with E-state index in [-0.39, 0.29) is 34.6 Å². The van der Waals surface area contributed by atoms with Crippen LogP contribution in [-0.2, 0) is 28.0 Å². The highest BCUT2D eigenvalue weighted by molar-refractivity contribution is 5.79. The van der Waals surface area contributed by atoms with E-state index in [2.05, 4.69) is 26.8 Å². The van der Waals surface area contributed by atoms with Gasteiger partial charge in [-0.1, -0.05) is 45.9 Å². The molecule has 1 saturated carbocycles. The van der Waals surface area contributed by atoms with Crippen LogP contribution in [0.25, 0.3) is 11.1 Å². The Morgan fingerprint density at radius 1 is 1.05 bits per heavy atom. The van der Waals surface area contributed by atoms with Crippen molar-refractivity contribution in [1.82, 2.24) is 0 Å². The lowest BCUT2D eigenvalue weighted by atomic mass is 9.81. The number of hydrogen-bond donors (Lipinski definition) is 1. The van der Waals surface area contributed by atoms with Crippen LogP contribution in [0.15, 0.2) is 54.6 Å². The minimum Gasteiger partial charge on any atom is -0.497 e. The number of benzene rings is 3. The summed E-state index contributed by atoms with van der Waals surface area (Å²) in [5.74, 6) is 0.0615. The number of fused-ring (bicyclic) bond motifs is 2. The zero-order valence-corrected chi connectivity index (χ0v) is 23.5. The highest BCUT2D eigenvalue weighted by Gasteiger charge is 2.68. The number of methoxy groups -OCH3 is 2. The van der Waals surface area contributed by atoms with Gasteiger partial charge in [0.2, 0.25) is 0 Å². The SMILES string of the molecule is COc1ccc(F)c(-c2ccc(COc3ccc4c(c3)C3(CC4)C(C(=O)O)[C@@H]3C)cc2C(OC)C(C)(C)C)c1. The number of ether oxygens (including phenoxy) is 3. The van der Waals surface area contributed by atoms with Gasteiger partial charge in [0, 0.05) is 18.1 Å². The van der Waals surface area contributed by atoms with Gasteiger partial charge in [-0.2, -0.15) is 0 Å². The van der Waals surface area contributed by atoms with E-state index in [9.17, 15) is 9.90 Å². The molecule has 2 aliphatic rings. The second-order valence-electron chi connectivity index (χ2n) is 12.0. The Morgan fingerprint density at radius 3 is 2.44 bits per heavy atom. The van der Waals surface area contributed by atoms with Crippen molar-refractivity contribution in [3.63, 3.8) is 0 Å². The lowest BCUT2D eigenvalue weighted by Gasteiger charge is -2.32. The molecule has 1 fully saturated rings. The van der Waals surface area contributed by atoms with E-state index in [1.807, 2.05) is 37.3 Å². The van der Waals surface area contributed by atoms with Crippen LogP contribution in [0.2, 0.25) is 0 Å². The van der Waals surface area contributed by atoms with E-state index in [1.54, 1.807) is 26.4 Å². The van der Waals surface area contributed by atoms with Crippen LogP contribution in [-0.4, -0.2) is 25.3 Å². The Labute approximate surface area is 229 Å². The van der Waals surface area contributed by atoms with Crippen molar-refractivity contribution in [1.29, 1.82) is 0 Å². The van der Waals surface area contributed by atoms with Crippen molar-refractivity contribution >= 4 is 5.97 Å². The first kappa shape index (κ1) is 27.2. The molecule has 0 amide bonds. The standard InChI is InChI=1S/C33H37FO5/c1-19-29(31(35)36)33(19)14-13-21-8-9-23(17-27(21)33)39-18-20-7-11-24(25-16-22(37-5)10-12-28(25)34)26(15-20)30(38-6)32(2,3)4/h7-12,15-17,19,29-30H,13-14,18H2,1-6H3,(H,35,36)/t19-,29?,30?,33?/m0/s1. The van der Waals surface area contributed by atoms with Crippen LogP contribution >= 0.6 is 0 Å². The van der Waals surface area contributed by atoms with Gasteiger partial charge in [-0.25, -0.2) is 4.39 Å². The monoisotopic (exact) mass is 532 g/mol. The summed E-state index contributed by atoms with van der Waals surface area (Å²) in [6, 6.07) is 16.7. The first-order valence-corrected chi connectivity index (χ1v) is 13.5. The van der Waals surface area contributed by atoms with Gasteiger partial charge < -0.3 is 19.3 Å². The van der Waals surface area contributed by atoms with E-state index >= 15 is 4.39 Å². The van der Waals surface area contributed by atoms with Gasteiger partial charge in [-0.15, -0.1) is 0 Å². The maximum Gasteiger partial charge on any atom is 0.307 e. The van der Waals surface area contributed by atoms with Crippen molar-refractivity contribution < 1.29 is 28.5 Å². The van der Waals surface area contributed by atoms with Crippen molar-refractivity contribution in [2.45, 2.75) is 58.7 Å². The maximum atomic E-state index is 15.0. The molecule has 2 aliphatic carbocycles. The van der Waals surface area contributed by atoms with Crippen LogP contribution < -0.4 is 9.47 Å². The number of rotatable bonds is 8. The molecule has 39 heavy (non-hydrogen) atoms. The van der Waals surface area contributed by atoms with E-state index in [1.165, 1.54) is 11.6 Å². The van der Waals surface area contributed by atoms with E-state index < -0.39 is 5.97 Å². The van der Waals surface area contributed by atoms with Crippen LogP contribution in [0.3, 0.4) is 0 Å². The minimum atomic E-state index is -0.715. The van der Waals surface area contributed by atoms with Crippen LogP contribution in [0.4, 0.5) is 4.39 Å². The molecule has 1 spiro atoms. The third-order valence-electron chi connectivity index (χ3n) is 8.71. The molecule has 3 aromatic carbocycles. The molecule has 5 nitrogen and oxygen atoms in total. The van der Waals surface area contributed by atoms with Crippen molar-refractivity contribution in [3.8, 4) is 22.6 Å². The molecular formula is C33H37FO5. The van der Waals surface area contributed by atoms with Gasteiger partial charge in [0.25, 0.3) is 0 Å². The van der Waals surface area contributed by atoms with Gasteiger partial charge >= 0.3 is 5.97 Å². The Morgan fingerprint density at radius 2 is 1.79 bits per heavy atom. The first-order valence-electron chi connectivity index (χ1n) is 13.5. The predicted molar refractivity (Wildman–Crippen MR) is 149 cm³/mol. The first-order chi connectivity index (χ1) is 18.5. The largest absolute Gasteiger partial charge is 0.497 e. The number of halogens is 1. The number of aryl methyl sites for hydroxylation is 1. The molecule has 0 aliphatic heterocycles. The number of carboxylic acids is 1. The number of hydrogen-bond acceptors (Lipinski definition) is 4. The summed E-state index contributed by atoms with van der Waals surface area (Å²) in [6.07, 6.45) is 1.49. The van der Waals surface area contributed by atoms with Crippen molar-refractivity contribution in [2.24, 2.45) is 17.3 Å². The van der Waals surface area contributed by atoms with Crippen LogP contribution in [0, 0.1) is 23.1 Å². The topological polar surface area (TPSA) is 65.0 Å². The summed E-state index contributed by atoms with van der Waals surface area (Å²) < 4.78 is 32.6. The Kier molecular flexibility index (Phi) is 6.96. The van der Waals surface area contributed by atoms with Gasteiger partial charge in [-0.05, 0) is 88.4 Å². The normalized spacial score (nSPS) is 22.4. The summed E-state index contributed by atoms with van der Waals surface area (Å²) >= 11 is 0. The quantitative estimate of drug-likeness (QED) is 0.329. The van der Waals surface area contributed by atoms with Gasteiger partial charge in [-0.3, -0.25) is 4.79 Å². The fourth-order valence-electron chi connectivity index (χ4n) is 6.75. The lowest BCUT2D eigenvalue weighted by molar-refractivity contribution is -0.139. The smallest absolute Gasteiger partial charge is 0.307 e. The molecule has 4 atom stereocenters. The van der Waals surface area contributed by atoms with Crippen LogP contribution in [0.5, 0.6) is 11.5 Å². The molecule has 6 heteroatoms. The Bertz CT molecular complexity index is 1410. The summed E-state index contributed by atoms with van der Waals surface area (Å²) in [7, 11) is 3.24. The summed E-state index contributed by atoms with van der Waals surface area (Å²) in [5, 5.41) is 9.72. The fourth-order valence-corrected chi connectivity index (χ4v) is 6.75. The molecule has 0 aromatic heterocycles. The third kappa shape index (κ3) is 4.69. The average Bonchev–Trinajstić information content (AvgIpc) is 3.32. The summed E-state index contributed by atoms with van der Waals surface area (Å²) in [6.45, 7) is 8.65. The van der Waals surface area contributed by atoms with E-state index in [4.69, 9.17) is 14.2 Å². The Hall–Kier alpha value is -3.38. The van der Waals surface area contributed by atoms with Gasteiger partial charge in [0.15, 0.2) is 0 Å². The molecule has 3 unspecified atom stereocenters. The number of carbonyl (C=O) groups is 1. The lowest BCUT2D eigenvalue weighted by Crippen LogP contribution is -2.21. The molecule has 1 N–H and O–H groups in total. The van der Waals surface area contributed by atoms with Crippen LogP contribution in [0.1, 0.15) is 62.5 Å². The molecular weight excluding hydrogens is 495 g/mol. The minimum absolute atomic E-state index is 0.127. The van der Waals surface area contributed by atoms with Gasteiger partial charge in [0.1, 0.15) is 23.9 Å². The molecule has 5 rings (SSSR count). The van der Waals surface area contributed by atoms with Gasteiger partial charge in [0.05, 0.1) is 19.1 Å². The molecule has 206 valence electrons. The molecule has 3 aromatic rings. The Balaban J connectivity index is 1.46. The second-order valence-corrected chi connectivity index (χ2v) is 12.0. The molecule has 0 saturated heterocycles. The molecule has 0 heterocycles. The zero-order chi connectivity index (χ0) is 28.1. The van der Waals surface area contributed by atoms with Crippen molar-refractivity contribution in [2.75, 3.05) is 14.2 Å². The number of carboxylic acid groups (broad SMARTS) is 1. The zero-order valence-electron chi connectivity index (χ0n) is 23.5.